The Morgan fingerprint density at radius 3 is 3.00 bits per heavy atom. The van der Waals surface area contributed by atoms with Crippen molar-refractivity contribution in [2.45, 2.75) is 38.6 Å². The van der Waals surface area contributed by atoms with E-state index in [1.54, 1.807) is 6.20 Å². The molecule has 1 aliphatic rings. The van der Waals surface area contributed by atoms with Crippen molar-refractivity contribution in [3.8, 4) is 0 Å². The van der Waals surface area contributed by atoms with Crippen LogP contribution in [0.4, 0.5) is 0 Å². The van der Waals surface area contributed by atoms with Crippen LogP contribution < -0.4 is 0 Å². The zero-order chi connectivity index (χ0) is 14.1. The highest BCUT2D eigenvalue weighted by Gasteiger charge is 2.28. The van der Waals surface area contributed by atoms with Crippen LogP contribution in [0.3, 0.4) is 0 Å². The molecule has 0 amide bonds. The van der Waals surface area contributed by atoms with E-state index in [9.17, 15) is 9.90 Å². The summed E-state index contributed by atoms with van der Waals surface area (Å²) in [5, 5.41) is 9.29. The number of fused-ring (bicyclic) bond motifs is 1. The molecule has 1 unspecified atom stereocenters. The maximum Gasteiger partial charge on any atom is 0.312 e. The fourth-order valence-corrected chi connectivity index (χ4v) is 2.94. The van der Waals surface area contributed by atoms with Crippen molar-refractivity contribution in [1.29, 1.82) is 0 Å². The lowest BCUT2D eigenvalue weighted by molar-refractivity contribution is -0.139. The van der Waals surface area contributed by atoms with Crippen LogP contribution in [-0.4, -0.2) is 20.6 Å². The summed E-state index contributed by atoms with van der Waals surface area (Å²) in [6.07, 6.45) is 4.12. The summed E-state index contributed by atoms with van der Waals surface area (Å²) < 4.78 is 2.09. The van der Waals surface area contributed by atoms with E-state index in [0.717, 1.165) is 30.9 Å². The van der Waals surface area contributed by atoms with Gasteiger partial charge < -0.3 is 9.67 Å². The fourth-order valence-electron chi connectivity index (χ4n) is 2.94. The lowest BCUT2D eigenvalue weighted by Gasteiger charge is -2.22. The van der Waals surface area contributed by atoms with Gasteiger partial charge >= 0.3 is 5.97 Å². The fraction of sp³-hybridized carbons (Fsp3) is 0.375. The van der Waals surface area contributed by atoms with Gasteiger partial charge in [0.25, 0.3) is 0 Å². The molecule has 0 radical (unpaired) electrons. The number of carboxylic acid groups (broad SMARTS) is 1. The van der Waals surface area contributed by atoms with Crippen molar-refractivity contribution in [2.24, 2.45) is 0 Å². The van der Waals surface area contributed by atoms with Gasteiger partial charge in [0.1, 0.15) is 5.82 Å². The molecule has 0 bridgehead atoms. The molecule has 1 aromatic heterocycles. The van der Waals surface area contributed by atoms with E-state index in [2.05, 4.69) is 28.6 Å². The van der Waals surface area contributed by atoms with E-state index in [0.29, 0.717) is 6.42 Å². The van der Waals surface area contributed by atoms with Gasteiger partial charge in [0.2, 0.25) is 0 Å². The second kappa shape index (κ2) is 5.12. The van der Waals surface area contributed by atoms with Gasteiger partial charge in [-0.15, -0.1) is 0 Å². The van der Waals surface area contributed by atoms with Gasteiger partial charge in [-0.25, -0.2) is 4.98 Å². The summed E-state index contributed by atoms with van der Waals surface area (Å²) >= 11 is 0. The van der Waals surface area contributed by atoms with Gasteiger partial charge in [0.05, 0.1) is 11.6 Å². The molecule has 1 aliphatic heterocycles. The molecule has 1 atom stereocenters. The molecular weight excluding hydrogens is 252 g/mol. The Morgan fingerprint density at radius 2 is 2.25 bits per heavy atom. The third-order valence-electron chi connectivity index (χ3n) is 4.11. The van der Waals surface area contributed by atoms with Crippen LogP contribution in [0.15, 0.2) is 30.5 Å². The normalized spacial score (nSPS) is 17.8. The van der Waals surface area contributed by atoms with Crippen LogP contribution in [0.2, 0.25) is 0 Å². The van der Waals surface area contributed by atoms with Crippen molar-refractivity contribution in [3.05, 3.63) is 53.1 Å². The molecule has 4 heteroatoms. The minimum Gasteiger partial charge on any atom is -0.481 e. The Hall–Kier alpha value is -2.10. The standard InChI is InChI=1S/C16H18N2O2/c1-11-5-2-3-6-12(11)9-15-17-10-14-13(16(19)20)7-4-8-18(14)15/h2-3,5-6,10,13H,4,7-9H2,1H3,(H,19,20). The summed E-state index contributed by atoms with van der Waals surface area (Å²) in [6.45, 7) is 2.97. The topological polar surface area (TPSA) is 55.1 Å². The second-order valence-corrected chi connectivity index (χ2v) is 5.39. The predicted octanol–water partition coefficient (Wildman–Crippen LogP) is 2.74. The summed E-state index contributed by atoms with van der Waals surface area (Å²) in [5.41, 5.74) is 3.35. The van der Waals surface area contributed by atoms with Gasteiger partial charge in [0, 0.05) is 19.2 Å². The number of rotatable bonds is 3. The number of benzene rings is 1. The zero-order valence-electron chi connectivity index (χ0n) is 11.5. The molecule has 0 spiro atoms. The number of carbonyl (C=O) groups is 1. The third-order valence-corrected chi connectivity index (χ3v) is 4.11. The highest BCUT2D eigenvalue weighted by molar-refractivity contribution is 5.75. The third kappa shape index (κ3) is 2.22. The van der Waals surface area contributed by atoms with Crippen LogP contribution in [0.5, 0.6) is 0 Å². The Kier molecular flexibility index (Phi) is 3.30. The van der Waals surface area contributed by atoms with Gasteiger partial charge in [-0.3, -0.25) is 4.79 Å². The van der Waals surface area contributed by atoms with E-state index in [1.807, 2.05) is 12.1 Å². The maximum atomic E-state index is 11.3. The van der Waals surface area contributed by atoms with Crippen molar-refractivity contribution in [2.75, 3.05) is 0 Å². The molecule has 104 valence electrons. The van der Waals surface area contributed by atoms with Crippen LogP contribution in [0.1, 0.15) is 41.4 Å². The van der Waals surface area contributed by atoms with Crippen LogP contribution in [-0.2, 0) is 17.8 Å². The van der Waals surface area contributed by atoms with Crippen molar-refractivity contribution >= 4 is 5.97 Å². The quantitative estimate of drug-likeness (QED) is 0.933. The molecule has 1 N–H and O–H groups in total. The number of carboxylic acids is 1. The minimum absolute atomic E-state index is 0.401. The van der Waals surface area contributed by atoms with Gasteiger partial charge in [-0.2, -0.15) is 0 Å². The number of nitrogens with zero attached hydrogens (tertiary/aromatic N) is 2. The molecule has 20 heavy (non-hydrogen) atoms. The van der Waals surface area contributed by atoms with E-state index < -0.39 is 11.9 Å². The summed E-state index contributed by atoms with van der Waals surface area (Å²) in [7, 11) is 0. The SMILES string of the molecule is Cc1ccccc1Cc1ncc2n1CCCC2C(=O)O. The van der Waals surface area contributed by atoms with Crippen molar-refractivity contribution in [1.82, 2.24) is 9.55 Å². The molecule has 1 aromatic carbocycles. The van der Waals surface area contributed by atoms with E-state index in [4.69, 9.17) is 0 Å². The number of hydrogen-bond acceptors (Lipinski definition) is 2. The molecule has 4 nitrogen and oxygen atoms in total. The monoisotopic (exact) mass is 270 g/mol. The van der Waals surface area contributed by atoms with Crippen LogP contribution in [0.25, 0.3) is 0 Å². The molecule has 2 aromatic rings. The molecule has 0 saturated carbocycles. The number of imidazole rings is 1. The minimum atomic E-state index is -0.742. The average molecular weight is 270 g/mol. The van der Waals surface area contributed by atoms with E-state index in [-0.39, 0.29) is 0 Å². The number of hydrogen-bond donors (Lipinski definition) is 1. The predicted molar refractivity (Wildman–Crippen MR) is 75.8 cm³/mol. The molecular formula is C16H18N2O2. The first-order valence-corrected chi connectivity index (χ1v) is 6.98. The Morgan fingerprint density at radius 1 is 1.45 bits per heavy atom. The molecule has 0 fully saturated rings. The molecule has 3 rings (SSSR count). The van der Waals surface area contributed by atoms with Gasteiger partial charge in [0.15, 0.2) is 0 Å². The number of aliphatic carboxylic acids is 1. The smallest absolute Gasteiger partial charge is 0.312 e. The zero-order valence-corrected chi connectivity index (χ0v) is 11.5. The molecule has 0 aliphatic carbocycles. The Balaban J connectivity index is 1.93. The maximum absolute atomic E-state index is 11.3. The van der Waals surface area contributed by atoms with Gasteiger partial charge in [-0.05, 0) is 30.9 Å². The first kappa shape index (κ1) is 12.9. The molecule has 0 saturated heterocycles. The number of aromatic nitrogens is 2. The lowest BCUT2D eigenvalue weighted by atomic mass is 9.96. The Bertz CT molecular complexity index is 646. The van der Waals surface area contributed by atoms with Crippen molar-refractivity contribution in [3.63, 3.8) is 0 Å². The van der Waals surface area contributed by atoms with E-state index in [1.165, 1.54) is 11.1 Å². The van der Waals surface area contributed by atoms with Crippen LogP contribution >= 0.6 is 0 Å². The Labute approximate surface area is 118 Å². The van der Waals surface area contributed by atoms with Crippen molar-refractivity contribution < 1.29 is 9.90 Å². The van der Waals surface area contributed by atoms with Crippen LogP contribution in [0, 0.1) is 6.92 Å². The lowest BCUT2D eigenvalue weighted by Crippen LogP contribution is -2.22. The summed E-state index contributed by atoms with van der Waals surface area (Å²) in [5.74, 6) is -0.171. The summed E-state index contributed by atoms with van der Waals surface area (Å²) in [4.78, 5) is 15.8. The largest absolute Gasteiger partial charge is 0.481 e. The van der Waals surface area contributed by atoms with Gasteiger partial charge in [-0.1, -0.05) is 24.3 Å². The molecule has 2 heterocycles. The number of aryl methyl sites for hydroxylation is 1. The van der Waals surface area contributed by atoms with E-state index >= 15 is 0 Å². The first-order chi connectivity index (χ1) is 9.66. The highest BCUT2D eigenvalue weighted by Crippen LogP contribution is 2.29. The second-order valence-electron chi connectivity index (χ2n) is 5.39. The highest BCUT2D eigenvalue weighted by atomic mass is 16.4. The average Bonchev–Trinajstić information content (AvgIpc) is 2.84. The first-order valence-electron chi connectivity index (χ1n) is 6.98. The summed E-state index contributed by atoms with van der Waals surface area (Å²) in [6, 6.07) is 8.26.